The Morgan fingerprint density at radius 1 is 1.10 bits per heavy atom. The largest absolute Gasteiger partial charge is 0.491 e. The number of anilines is 2. The van der Waals surface area contributed by atoms with Crippen molar-refractivity contribution in [3.8, 4) is 29.0 Å². The van der Waals surface area contributed by atoms with Gasteiger partial charge in [0.05, 0.1) is 17.9 Å². The number of hydrogen-bond acceptors (Lipinski definition) is 10. The Bertz CT molecular complexity index is 1100. The smallest absolute Gasteiger partial charge is 0.180 e. The van der Waals surface area contributed by atoms with Gasteiger partial charge in [-0.2, -0.15) is 10.5 Å². The first-order valence-electron chi connectivity index (χ1n) is 8.37. The molecule has 0 atom stereocenters. The van der Waals surface area contributed by atoms with Crippen LogP contribution in [0.15, 0.2) is 34.7 Å². The molecule has 0 saturated heterocycles. The number of aromatic nitrogens is 2. The predicted molar refractivity (Wildman–Crippen MR) is 112 cm³/mol. The van der Waals surface area contributed by atoms with E-state index in [-0.39, 0.29) is 30.2 Å². The SMILES string of the molecule is N#Cc1c(N)nc(SCc2csc(N)n2)c(C#N)c1-c1ccc(OCCO)cc1. The third-order valence-electron chi connectivity index (χ3n) is 3.84. The lowest BCUT2D eigenvalue weighted by molar-refractivity contribution is 0.201. The highest BCUT2D eigenvalue weighted by molar-refractivity contribution is 7.98. The zero-order chi connectivity index (χ0) is 20.8. The van der Waals surface area contributed by atoms with E-state index in [0.717, 1.165) is 5.69 Å². The van der Waals surface area contributed by atoms with Gasteiger partial charge in [-0.15, -0.1) is 11.3 Å². The average molecular weight is 425 g/mol. The highest BCUT2D eigenvalue weighted by atomic mass is 32.2. The normalized spacial score (nSPS) is 10.3. The summed E-state index contributed by atoms with van der Waals surface area (Å²) in [6.45, 7) is 0.0847. The number of nitrogens with zero attached hydrogens (tertiary/aromatic N) is 4. The molecule has 3 rings (SSSR count). The molecule has 0 radical (unpaired) electrons. The minimum absolute atomic E-state index is 0.0578. The first-order valence-corrected chi connectivity index (χ1v) is 10.2. The molecule has 0 bridgehead atoms. The number of pyridine rings is 1. The number of nitrogens with two attached hydrogens (primary N) is 2. The molecule has 2 aromatic heterocycles. The highest BCUT2D eigenvalue weighted by Gasteiger charge is 2.21. The maximum atomic E-state index is 9.80. The molecule has 10 heteroatoms. The number of hydrogen-bond donors (Lipinski definition) is 3. The van der Waals surface area contributed by atoms with E-state index >= 15 is 0 Å². The maximum Gasteiger partial charge on any atom is 0.180 e. The fourth-order valence-electron chi connectivity index (χ4n) is 2.60. The molecule has 0 aliphatic heterocycles. The van der Waals surface area contributed by atoms with Crippen molar-refractivity contribution in [1.82, 2.24) is 9.97 Å². The summed E-state index contributed by atoms with van der Waals surface area (Å²) in [5.41, 5.74) is 13.9. The molecule has 2 heterocycles. The molecule has 0 amide bonds. The topological polar surface area (TPSA) is 155 Å². The van der Waals surface area contributed by atoms with Gasteiger partial charge in [-0.3, -0.25) is 0 Å². The molecule has 0 unspecified atom stereocenters. The number of nitriles is 2. The van der Waals surface area contributed by atoms with Gasteiger partial charge in [0.25, 0.3) is 0 Å². The van der Waals surface area contributed by atoms with Crippen molar-refractivity contribution in [2.75, 3.05) is 24.7 Å². The van der Waals surface area contributed by atoms with Crippen LogP contribution in [0.1, 0.15) is 16.8 Å². The lowest BCUT2D eigenvalue weighted by atomic mass is 9.97. The summed E-state index contributed by atoms with van der Waals surface area (Å²) in [6, 6.07) is 11.1. The molecule has 0 aliphatic carbocycles. The van der Waals surface area contributed by atoms with Gasteiger partial charge in [-0.1, -0.05) is 23.9 Å². The van der Waals surface area contributed by atoms with Crippen molar-refractivity contribution in [2.45, 2.75) is 10.8 Å². The fourth-order valence-corrected chi connectivity index (χ4v) is 4.16. The average Bonchev–Trinajstić information content (AvgIpc) is 3.15. The van der Waals surface area contributed by atoms with Gasteiger partial charge >= 0.3 is 0 Å². The minimum Gasteiger partial charge on any atom is -0.491 e. The lowest BCUT2D eigenvalue weighted by Gasteiger charge is -2.13. The van der Waals surface area contributed by atoms with Crippen LogP contribution in [0, 0.1) is 22.7 Å². The Balaban J connectivity index is 2.01. The van der Waals surface area contributed by atoms with Crippen LogP contribution in [0.25, 0.3) is 11.1 Å². The first kappa shape index (κ1) is 20.4. The van der Waals surface area contributed by atoms with E-state index in [1.165, 1.54) is 23.1 Å². The Morgan fingerprint density at radius 3 is 2.41 bits per heavy atom. The monoisotopic (exact) mass is 424 g/mol. The number of nitrogen functional groups attached to an aromatic ring is 2. The summed E-state index contributed by atoms with van der Waals surface area (Å²) < 4.78 is 5.36. The van der Waals surface area contributed by atoms with Gasteiger partial charge in [0, 0.05) is 16.7 Å². The van der Waals surface area contributed by atoms with Gasteiger partial charge in [-0.05, 0) is 17.7 Å². The predicted octanol–water partition coefficient (Wildman–Crippen LogP) is 2.78. The molecule has 146 valence electrons. The number of aliphatic hydroxyl groups is 1. The third-order valence-corrected chi connectivity index (χ3v) is 5.58. The van der Waals surface area contributed by atoms with Crippen molar-refractivity contribution < 1.29 is 9.84 Å². The van der Waals surface area contributed by atoms with Gasteiger partial charge < -0.3 is 21.3 Å². The minimum atomic E-state index is -0.0922. The van der Waals surface area contributed by atoms with Crippen molar-refractivity contribution in [2.24, 2.45) is 0 Å². The van der Waals surface area contributed by atoms with Crippen LogP contribution in [0.2, 0.25) is 0 Å². The molecule has 0 saturated carbocycles. The summed E-state index contributed by atoms with van der Waals surface area (Å²) in [7, 11) is 0. The summed E-state index contributed by atoms with van der Waals surface area (Å²) in [5, 5.41) is 31.0. The molecule has 0 aliphatic rings. The fraction of sp³-hybridized carbons (Fsp3) is 0.158. The molecular formula is C19H16N6O2S2. The quantitative estimate of drug-likeness (QED) is 0.485. The van der Waals surface area contributed by atoms with E-state index in [9.17, 15) is 10.5 Å². The Hall–Kier alpha value is -3.31. The summed E-state index contributed by atoms with van der Waals surface area (Å²) >= 11 is 2.65. The standard InChI is InChI=1S/C19H16N6O2S2/c20-7-14-16(11-1-3-13(4-2-11)27-6-5-26)15(8-21)18(25-17(14)22)28-9-12-10-29-19(23)24-12/h1-4,10,26H,5-6,9H2,(H2,22,25)(H2,23,24). The van der Waals surface area contributed by atoms with Crippen LogP contribution in [0.4, 0.5) is 10.9 Å². The van der Waals surface area contributed by atoms with E-state index in [1.54, 1.807) is 24.3 Å². The van der Waals surface area contributed by atoms with Crippen LogP contribution >= 0.6 is 23.1 Å². The number of ether oxygens (including phenoxy) is 1. The van der Waals surface area contributed by atoms with Gasteiger partial charge in [0.1, 0.15) is 40.9 Å². The van der Waals surface area contributed by atoms with Crippen molar-refractivity contribution in [3.05, 3.63) is 46.5 Å². The zero-order valence-electron chi connectivity index (χ0n) is 15.1. The first-order chi connectivity index (χ1) is 14.1. The van der Waals surface area contributed by atoms with Crippen LogP contribution in [-0.2, 0) is 5.75 Å². The molecule has 1 aromatic carbocycles. The van der Waals surface area contributed by atoms with Crippen molar-refractivity contribution in [1.29, 1.82) is 10.5 Å². The second kappa shape index (κ2) is 9.26. The third kappa shape index (κ3) is 4.58. The number of rotatable bonds is 7. The van der Waals surface area contributed by atoms with Crippen molar-refractivity contribution >= 4 is 34.0 Å². The molecular weight excluding hydrogens is 408 g/mol. The molecule has 3 aromatic rings. The van der Waals surface area contributed by atoms with E-state index in [4.69, 9.17) is 21.3 Å². The maximum absolute atomic E-state index is 9.80. The zero-order valence-corrected chi connectivity index (χ0v) is 16.8. The summed E-state index contributed by atoms with van der Waals surface area (Å²) in [5.74, 6) is 1.09. The highest BCUT2D eigenvalue weighted by Crippen LogP contribution is 2.37. The van der Waals surface area contributed by atoms with Gasteiger partial charge in [0.15, 0.2) is 5.13 Å². The number of thioether (sulfide) groups is 1. The van der Waals surface area contributed by atoms with Crippen LogP contribution in [0.3, 0.4) is 0 Å². The van der Waals surface area contributed by atoms with E-state index in [0.29, 0.717) is 32.8 Å². The Morgan fingerprint density at radius 2 is 1.83 bits per heavy atom. The molecule has 0 spiro atoms. The van der Waals surface area contributed by atoms with E-state index < -0.39 is 0 Å². The second-order valence-corrected chi connectivity index (χ2v) is 7.57. The Labute approximate surface area is 175 Å². The van der Waals surface area contributed by atoms with Gasteiger partial charge in [0.2, 0.25) is 0 Å². The lowest BCUT2D eigenvalue weighted by Crippen LogP contribution is -2.04. The number of benzene rings is 1. The number of aliphatic hydroxyl groups excluding tert-OH is 1. The Kier molecular flexibility index (Phi) is 6.52. The molecule has 5 N–H and O–H groups in total. The number of thiazole rings is 1. The molecule has 0 fully saturated rings. The van der Waals surface area contributed by atoms with Crippen molar-refractivity contribution in [3.63, 3.8) is 0 Å². The molecule has 8 nitrogen and oxygen atoms in total. The summed E-state index contributed by atoms with van der Waals surface area (Å²) in [4.78, 5) is 8.47. The molecule has 29 heavy (non-hydrogen) atoms. The second-order valence-electron chi connectivity index (χ2n) is 5.71. The van der Waals surface area contributed by atoms with Crippen LogP contribution < -0.4 is 16.2 Å². The van der Waals surface area contributed by atoms with Crippen LogP contribution in [-0.4, -0.2) is 28.3 Å². The van der Waals surface area contributed by atoms with Gasteiger partial charge in [-0.25, -0.2) is 9.97 Å². The van der Waals surface area contributed by atoms with E-state index in [2.05, 4.69) is 22.1 Å². The van der Waals surface area contributed by atoms with E-state index in [1.807, 2.05) is 5.38 Å². The van der Waals surface area contributed by atoms with Crippen LogP contribution in [0.5, 0.6) is 5.75 Å². The summed E-state index contributed by atoms with van der Waals surface area (Å²) in [6.07, 6.45) is 0.